The Morgan fingerprint density at radius 2 is 1.50 bits per heavy atom. The van der Waals surface area contributed by atoms with Crippen LogP contribution in [0.15, 0.2) is 48.8 Å². The molecule has 3 aromatic rings. The maximum absolute atomic E-state index is 4.58. The van der Waals surface area contributed by atoms with Crippen molar-refractivity contribution in [3.05, 3.63) is 48.8 Å². The van der Waals surface area contributed by atoms with Crippen LogP contribution in [-0.4, -0.2) is 31.3 Å². The van der Waals surface area contributed by atoms with Gasteiger partial charge in [-0.1, -0.05) is 0 Å². The molecule has 0 saturated carbocycles. The first-order chi connectivity index (χ1) is 11.2. The summed E-state index contributed by atoms with van der Waals surface area (Å²) in [5, 5.41) is 2.63. The second-order valence-corrected chi connectivity index (χ2v) is 24.3. The summed E-state index contributed by atoms with van der Waals surface area (Å²) in [7, 11) is -1.27. The fraction of sp³-hybridized carbons (Fsp3) is 0.300. The van der Waals surface area contributed by atoms with Crippen molar-refractivity contribution in [2.45, 2.75) is 36.9 Å². The fourth-order valence-electron chi connectivity index (χ4n) is 2.88. The Balaban J connectivity index is 2.10. The van der Waals surface area contributed by atoms with E-state index in [1.165, 1.54) is 15.1 Å². The van der Waals surface area contributed by atoms with Crippen LogP contribution in [0.5, 0.6) is 0 Å². The average Bonchev–Trinajstić information content (AvgIpc) is 2.52. The van der Waals surface area contributed by atoms with Crippen molar-refractivity contribution in [1.29, 1.82) is 0 Å². The minimum atomic E-state index is -1.84. The monoisotopic (exact) mass is 396 g/mol. The van der Waals surface area contributed by atoms with E-state index in [9.17, 15) is 0 Å². The first kappa shape index (κ1) is 17.4. The zero-order valence-corrected chi connectivity index (χ0v) is 18.6. The Morgan fingerprint density at radius 3 is 2.08 bits per heavy atom. The second kappa shape index (κ2) is 6.12. The molecule has 0 aliphatic heterocycles. The quantitative estimate of drug-likeness (QED) is 0.615. The molecule has 0 amide bonds. The van der Waals surface area contributed by atoms with Gasteiger partial charge in [-0.05, 0) is 0 Å². The molecular formula is C20H26GeN2Si. The molecule has 0 spiro atoms. The van der Waals surface area contributed by atoms with Gasteiger partial charge in [0.05, 0.1) is 0 Å². The average molecular weight is 395 g/mol. The van der Waals surface area contributed by atoms with Crippen LogP contribution in [0.25, 0.3) is 22.2 Å². The summed E-state index contributed by atoms with van der Waals surface area (Å²) in [4.78, 5) is 9.10. The van der Waals surface area contributed by atoms with Crippen molar-refractivity contribution in [1.82, 2.24) is 9.97 Å². The van der Waals surface area contributed by atoms with Crippen molar-refractivity contribution >= 4 is 41.8 Å². The molecule has 1 aromatic heterocycles. The van der Waals surface area contributed by atoms with Gasteiger partial charge in [0.2, 0.25) is 0 Å². The number of benzene rings is 2. The summed E-state index contributed by atoms with van der Waals surface area (Å²) in [6.45, 7) is 7.13. The normalized spacial score (nSPS) is 12.6. The Bertz CT molecular complexity index is 875. The van der Waals surface area contributed by atoms with E-state index in [1.807, 2.05) is 0 Å². The SMILES string of the molecule is C[Si](C)(C)c1ccc(-c2ncnc3c[c]([Ge]([CH3])([CH3])[CH3])ccc23)cc1. The number of rotatable bonds is 3. The van der Waals surface area contributed by atoms with Crippen LogP contribution in [0.1, 0.15) is 0 Å². The van der Waals surface area contributed by atoms with Gasteiger partial charge in [-0.2, -0.15) is 0 Å². The molecule has 0 N–H and O–H groups in total. The molecule has 3 rings (SSSR count). The summed E-state index contributed by atoms with van der Waals surface area (Å²) >= 11 is -1.84. The molecule has 0 atom stereocenters. The third-order valence-electron chi connectivity index (χ3n) is 4.53. The van der Waals surface area contributed by atoms with Crippen LogP contribution >= 0.6 is 0 Å². The van der Waals surface area contributed by atoms with Gasteiger partial charge in [-0.15, -0.1) is 0 Å². The summed E-state index contributed by atoms with van der Waals surface area (Å²) in [5.41, 5.74) is 3.27. The van der Waals surface area contributed by atoms with Crippen molar-refractivity contribution in [3.63, 3.8) is 0 Å². The van der Waals surface area contributed by atoms with E-state index in [2.05, 4.69) is 89.3 Å². The van der Waals surface area contributed by atoms with Crippen LogP contribution in [0, 0.1) is 0 Å². The van der Waals surface area contributed by atoms with Gasteiger partial charge in [-0.3, -0.25) is 0 Å². The van der Waals surface area contributed by atoms with E-state index < -0.39 is 21.3 Å². The summed E-state index contributed by atoms with van der Waals surface area (Å²) < 4.78 is 1.49. The Kier molecular flexibility index (Phi) is 4.43. The van der Waals surface area contributed by atoms with Gasteiger partial charge in [0.1, 0.15) is 0 Å². The molecule has 2 nitrogen and oxygen atoms in total. The molecule has 0 bridgehead atoms. The molecule has 0 saturated heterocycles. The Morgan fingerprint density at radius 1 is 0.833 bits per heavy atom. The molecule has 0 aliphatic carbocycles. The molecule has 0 aliphatic rings. The predicted molar refractivity (Wildman–Crippen MR) is 111 cm³/mol. The Hall–Kier alpha value is -1.46. The molecular weight excluding hydrogens is 369 g/mol. The van der Waals surface area contributed by atoms with Crippen LogP contribution in [0.3, 0.4) is 0 Å². The second-order valence-electron chi connectivity index (χ2n) is 8.53. The van der Waals surface area contributed by atoms with E-state index in [4.69, 9.17) is 0 Å². The summed E-state index contributed by atoms with van der Waals surface area (Å²) in [5.74, 6) is 7.25. The summed E-state index contributed by atoms with van der Waals surface area (Å²) in [6, 6.07) is 15.7. The van der Waals surface area contributed by atoms with E-state index in [-0.39, 0.29) is 0 Å². The molecule has 2 aromatic carbocycles. The topological polar surface area (TPSA) is 25.8 Å². The zero-order valence-electron chi connectivity index (χ0n) is 15.5. The summed E-state index contributed by atoms with van der Waals surface area (Å²) in [6.07, 6.45) is 1.70. The van der Waals surface area contributed by atoms with Crippen molar-refractivity contribution < 1.29 is 0 Å². The van der Waals surface area contributed by atoms with Crippen molar-refractivity contribution in [3.8, 4) is 11.3 Å². The fourth-order valence-corrected chi connectivity index (χ4v) is 6.47. The number of hydrogen-bond donors (Lipinski definition) is 0. The Labute approximate surface area is 148 Å². The zero-order chi connectivity index (χ0) is 17.5. The molecule has 0 fully saturated rings. The third kappa shape index (κ3) is 3.47. The van der Waals surface area contributed by atoms with E-state index in [0.717, 1.165) is 16.6 Å². The van der Waals surface area contributed by atoms with Gasteiger partial charge in [-0.25, -0.2) is 0 Å². The molecule has 24 heavy (non-hydrogen) atoms. The molecule has 124 valence electrons. The van der Waals surface area contributed by atoms with Gasteiger partial charge < -0.3 is 0 Å². The standard InChI is InChI=1S/C20H26GeN2Si/c1-21(2,3)16-9-12-18-19(13-16)22-14-23-20(18)15-7-10-17(11-8-15)24(4,5)6/h7-14H,1-6H3. The van der Waals surface area contributed by atoms with Gasteiger partial charge in [0.25, 0.3) is 0 Å². The predicted octanol–water partition coefficient (Wildman–Crippen LogP) is 4.39. The molecule has 0 radical (unpaired) electrons. The first-order valence-electron chi connectivity index (χ1n) is 8.52. The third-order valence-corrected chi connectivity index (χ3v) is 10.9. The van der Waals surface area contributed by atoms with Crippen LogP contribution in [0.4, 0.5) is 0 Å². The van der Waals surface area contributed by atoms with E-state index >= 15 is 0 Å². The van der Waals surface area contributed by atoms with Gasteiger partial charge in [0.15, 0.2) is 0 Å². The van der Waals surface area contributed by atoms with E-state index in [1.54, 1.807) is 6.33 Å². The van der Waals surface area contributed by atoms with Crippen LogP contribution in [0.2, 0.25) is 36.9 Å². The van der Waals surface area contributed by atoms with Crippen LogP contribution in [-0.2, 0) is 0 Å². The first-order valence-corrected chi connectivity index (χ1v) is 19.4. The van der Waals surface area contributed by atoms with Gasteiger partial charge in [0, 0.05) is 0 Å². The number of nitrogens with zero attached hydrogens (tertiary/aromatic N) is 2. The molecule has 4 heteroatoms. The number of hydrogen-bond acceptors (Lipinski definition) is 2. The van der Waals surface area contributed by atoms with E-state index in [0.29, 0.717) is 0 Å². The maximum atomic E-state index is 4.58. The molecule has 1 heterocycles. The molecule has 0 unspecified atom stereocenters. The minimum absolute atomic E-state index is 1.04. The van der Waals surface area contributed by atoms with Crippen molar-refractivity contribution in [2.24, 2.45) is 0 Å². The van der Waals surface area contributed by atoms with Crippen molar-refractivity contribution in [2.75, 3.05) is 0 Å². The van der Waals surface area contributed by atoms with Crippen LogP contribution < -0.4 is 9.58 Å². The number of aromatic nitrogens is 2. The van der Waals surface area contributed by atoms with Gasteiger partial charge >= 0.3 is 149 Å². The number of fused-ring (bicyclic) bond motifs is 1.